The number of carbonyl (C=O) groups is 1. The third-order valence-corrected chi connectivity index (χ3v) is 4.00. The van der Waals surface area contributed by atoms with Crippen molar-refractivity contribution in [2.45, 2.75) is 6.92 Å². The number of amides is 1. The van der Waals surface area contributed by atoms with Gasteiger partial charge >= 0.3 is 0 Å². The van der Waals surface area contributed by atoms with E-state index in [2.05, 4.69) is 10.5 Å². The molecule has 2 aromatic carbocycles. The minimum Gasteiger partial charge on any atom is -0.355 e. The first-order chi connectivity index (χ1) is 11.0. The second kappa shape index (κ2) is 6.44. The molecule has 0 atom stereocenters. The molecule has 1 heterocycles. The van der Waals surface area contributed by atoms with Gasteiger partial charge in [-0.25, -0.2) is 0 Å². The van der Waals surface area contributed by atoms with Crippen molar-refractivity contribution in [3.63, 3.8) is 0 Å². The lowest BCUT2D eigenvalue weighted by Gasteiger charge is -2.02. The summed E-state index contributed by atoms with van der Waals surface area (Å²) in [5.41, 5.74) is 2.69. The Bertz CT molecular complexity index is 857. The summed E-state index contributed by atoms with van der Waals surface area (Å²) in [5, 5.41) is 7.42. The van der Waals surface area contributed by atoms with Gasteiger partial charge in [0.15, 0.2) is 11.5 Å². The average Bonchev–Trinajstić information content (AvgIpc) is 3.02. The summed E-state index contributed by atoms with van der Waals surface area (Å²) in [6.45, 7) is 1.98. The number of aryl methyl sites for hydroxylation is 1. The van der Waals surface area contributed by atoms with Crippen LogP contribution in [0.5, 0.6) is 0 Å². The number of carbonyl (C=O) groups excluding carboxylic acids is 1. The quantitative estimate of drug-likeness (QED) is 0.708. The summed E-state index contributed by atoms with van der Waals surface area (Å²) in [4.78, 5) is 12.2. The second-order valence-corrected chi connectivity index (χ2v) is 5.84. The molecule has 0 aliphatic rings. The zero-order valence-electron chi connectivity index (χ0n) is 12.1. The van der Waals surface area contributed by atoms with Crippen molar-refractivity contribution < 1.29 is 9.32 Å². The fourth-order valence-corrected chi connectivity index (χ4v) is 2.30. The Labute approximate surface area is 143 Å². The smallest absolute Gasteiger partial charge is 0.277 e. The summed E-state index contributed by atoms with van der Waals surface area (Å²) in [6.07, 6.45) is 0. The standard InChI is InChI=1S/C17H12Cl2N2O2/c1-10-2-5-12(6-3-10)20-17(22)15-9-16(23-21-15)11-4-7-13(18)14(19)8-11/h2-9H,1H3,(H,20,22). The van der Waals surface area contributed by atoms with Gasteiger partial charge in [0.2, 0.25) is 0 Å². The van der Waals surface area contributed by atoms with Gasteiger partial charge in [-0.15, -0.1) is 0 Å². The lowest BCUT2D eigenvalue weighted by molar-refractivity contribution is 0.101. The molecule has 1 amide bonds. The number of anilines is 1. The molecular formula is C17H12Cl2N2O2. The van der Waals surface area contributed by atoms with Crippen LogP contribution in [0.25, 0.3) is 11.3 Å². The lowest BCUT2D eigenvalue weighted by Crippen LogP contribution is -2.11. The third-order valence-electron chi connectivity index (χ3n) is 3.26. The Morgan fingerprint density at radius 1 is 1.04 bits per heavy atom. The van der Waals surface area contributed by atoms with Gasteiger partial charge in [-0.2, -0.15) is 0 Å². The fraction of sp³-hybridized carbons (Fsp3) is 0.0588. The van der Waals surface area contributed by atoms with Crippen LogP contribution in [0.3, 0.4) is 0 Å². The first kappa shape index (κ1) is 15.6. The molecule has 23 heavy (non-hydrogen) atoms. The summed E-state index contributed by atoms with van der Waals surface area (Å²) in [7, 11) is 0. The van der Waals surface area contributed by atoms with Gasteiger partial charge in [-0.1, -0.05) is 46.1 Å². The highest BCUT2D eigenvalue weighted by atomic mass is 35.5. The van der Waals surface area contributed by atoms with E-state index in [0.29, 0.717) is 27.1 Å². The molecule has 3 aromatic rings. The van der Waals surface area contributed by atoms with Crippen LogP contribution in [0, 0.1) is 6.92 Å². The predicted molar refractivity (Wildman–Crippen MR) is 91.1 cm³/mol. The maximum atomic E-state index is 12.2. The zero-order chi connectivity index (χ0) is 16.4. The molecule has 0 bridgehead atoms. The summed E-state index contributed by atoms with van der Waals surface area (Å²) in [6, 6.07) is 14.1. The highest BCUT2D eigenvalue weighted by Crippen LogP contribution is 2.29. The zero-order valence-corrected chi connectivity index (χ0v) is 13.7. The first-order valence-electron chi connectivity index (χ1n) is 6.83. The Kier molecular flexibility index (Phi) is 4.37. The van der Waals surface area contributed by atoms with Gasteiger partial charge in [0.25, 0.3) is 5.91 Å². The third kappa shape index (κ3) is 3.55. The van der Waals surface area contributed by atoms with E-state index in [1.54, 1.807) is 24.3 Å². The Morgan fingerprint density at radius 3 is 2.48 bits per heavy atom. The molecule has 0 saturated carbocycles. The van der Waals surface area contributed by atoms with Gasteiger partial charge in [0.05, 0.1) is 10.0 Å². The van der Waals surface area contributed by atoms with E-state index in [1.807, 2.05) is 31.2 Å². The number of nitrogens with one attached hydrogen (secondary N) is 1. The molecule has 0 aliphatic carbocycles. The highest BCUT2D eigenvalue weighted by Gasteiger charge is 2.14. The van der Waals surface area contributed by atoms with Crippen LogP contribution in [0.15, 0.2) is 53.1 Å². The molecule has 1 aromatic heterocycles. The maximum absolute atomic E-state index is 12.2. The van der Waals surface area contributed by atoms with Crippen LogP contribution in [-0.2, 0) is 0 Å². The van der Waals surface area contributed by atoms with Crippen molar-refractivity contribution in [1.29, 1.82) is 0 Å². The Hall–Kier alpha value is -2.30. The van der Waals surface area contributed by atoms with Crippen LogP contribution in [0.4, 0.5) is 5.69 Å². The van der Waals surface area contributed by atoms with E-state index in [0.717, 1.165) is 5.56 Å². The minimum absolute atomic E-state index is 0.187. The van der Waals surface area contributed by atoms with Gasteiger partial charge in [-0.3, -0.25) is 4.79 Å². The monoisotopic (exact) mass is 346 g/mol. The highest BCUT2D eigenvalue weighted by molar-refractivity contribution is 6.42. The molecule has 116 valence electrons. The first-order valence-corrected chi connectivity index (χ1v) is 7.59. The van der Waals surface area contributed by atoms with E-state index >= 15 is 0 Å². The topological polar surface area (TPSA) is 55.1 Å². The molecule has 0 radical (unpaired) electrons. The van der Waals surface area contributed by atoms with Crippen LogP contribution < -0.4 is 5.32 Å². The van der Waals surface area contributed by atoms with E-state index in [-0.39, 0.29) is 11.6 Å². The number of rotatable bonds is 3. The van der Waals surface area contributed by atoms with Gasteiger partial charge < -0.3 is 9.84 Å². The van der Waals surface area contributed by atoms with Crippen LogP contribution in [-0.4, -0.2) is 11.1 Å². The summed E-state index contributed by atoms with van der Waals surface area (Å²) < 4.78 is 5.21. The van der Waals surface area contributed by atoms with Crippen LogP contribution in [0.2, 0.25) is 10.0 Å². The van der Waals surface area contributed by atoms with Gasteiger partial charge in [0, 0.05) is 17.3 Å². The molecule has 0 fully saturated rings. The van der Waals surface area contributed by atoms with Crippen molar-refractivity contribution in [2.24, 2.45) is 0 Å². The van der Waals surface area contributed by atoms with E-state index in [1.165, 1.54) is 0 Å². The Morgan fingerprint density at radius 2 is 1.78 bits per heavy atom. The molecule has 6 heteroatoms. The Balaban J connectivity index is 1.79. The molecule has 0 aliphatic heterocycles. The van der Waals surface area contributed by atoms with E-state index in [9.17, 15) is 4.79 Å². The molecule has 1 N–H and O–H groups in total. The molecule has 0 saturated heterocycles. The number of hydrogen-bond donors (Lipinski definition) is 1. The maximum Gasteiger partial charge on any atom is 0.277 e. The molecule has 0 spiro atoms. The minimum atomic E-state index is -0.344. The number of nitrogens with zero attached hydrogens (tertiary/aromatic N) is 1. The molecule has 3 rings (SSSR count). The number of halogens is 2. The predicted octanol–water partition coefficient (Wildman–Crippen LogP) is 5.21. The largest absolute Gasteiger partial charge is 0.355 e. The molecule has 0 unspecified atom stereocenters. The van der Waals surface area contributed by atoms with Crippen molar-refractivity contribution >= 4 is 34.8 Å². The van der Waals surface area contributed by atoms with Crippen molar-refractivity contribution in [3.05, 3.63) is 69.8 Å². The normalized spacial score (nSPS) is 10.6. The number of benzene rings is 2. The molecular weight excluding hydrogens is 335 g/mol. The van der Waals surface area contributed by atoms with Gasteiger partial charge in [0.1, 0.15) is 0 Å². The van der Waals surface area contributed by atoms with Gasteiger partial charge in [-0.05, 0) is 37.3 Å². The lowest BCUT2D eigenvalue weighted by atomic mass is 10.1. The van der Waals surface area contributed by atoms with Crippen LogP contribution in [0.1, 0.15) is 16.1 Å². The second-order valence-electron chi connectivity index (χ2n) is 5.03. The fourth-order valence-electron chi connectivity index (χ4n) is 2.00. The van der Waals surface area contributed by atoms with Crippen molar-refractivity contribution in [3.8, 4) is 11.3 Å². The van der Waals surface area contributed by atoms with E-state index in [4.69, 9.17) is 27.7 Å². The van der Waals surface area contributed by atoms with Crippen LogP contribution >= 0.6 is 23.2 Å². The number of hydrogen-bond acceptors (Lipinski definition) is 3. The van der Waals surface area contributed by atoms with Crippen molar-refractivity contribution in [2.75, 3.05) is 5.32 Å². The van der Waals surface area contributed by atoms with E-state index < -0.39 is 0 Å². The number of aromatic nitrogens is 1. The van der Waals surface area contributed by atoms with Crippen molar-refractivity contribution in [1.82, 2.24) is 5.16 Å². The summed E-state index contributed by atoms with van der Waals surface area (Å²) in [5.74, 6) is 0.0986. The molecule has 4 nitrogen and oxygen atoms in total. The average molecular weight is 347 g/mol. The summed E-state index contributed by atoms with van der Waals surface area (Å²) >= 11 is 11.9. The SMILES string of the molecule is Cc1ccc(NC(=O)c2cc(-c3ccc(Cl)c(Cl)c3)on2)cc1.